The van der Waals surface area contributed by atoms with Gasteiger partial charge in [0.1, 0.15) is 11.8 Å². The van der Waals surface area contributed by atoms with Crippen molar-refractivity contribution < 1.29 is 14.3 Å². The van der Waals surface area contributed by atoms with E-state index in [1.165, 1.54) is 6.42 Å². The van der Waals surface area contributed by atoms with Gasteiger partial charge in [0.2, 0.25) is 5.91 Å². The Morgan fingerprint density at radius 3 is 2.11 bits per heavy atom. The van der Waals surface area contributed by atoms with Gasteiger partial charge in [-0.1, -0.05) is 95.9 Å². The first kappa shape index (κ1) is 26.0. The first-order chi connectivity index (χ1) is 17.6. The summed E-state index contributed by atoms with van der Waals surface area (Å²) in [5, 5.41) is 3.26. The number of benzene rings is 3. The number of nitrogens with zero attached hydrogens (tertiary/aromatic N) is 1. The highest BCUT2D eigenvalue weighted by atomic mass is 79.9. The van der Waals surface area contributed by atoms with Crippen molar-refractivity contribution in [2.24, 2.45) is 0 Å². The van der Waals surface area contributed by atoms with Crippen LogP contribution in [-0.2, 0) is 22.6 Å². The second kappa shape index (κ2) is 13.3. The fraction of sp³-hybridized carbons (Fsp3) is 0.333. The molecule has 188 valence electrons. The predicted molar refractivity (Wildman–Crippen MR) is 146 cm³/mol. The summed E-state index contributed by atoms with van der Waals surface area (Å²) in [6.45, 7) is 0.190. The van der Waals surface area contributed by atoms with Crippen LogP contribution in [0.1, 0.15) is 43.2 Å². The monoisotopic (exact) mass is 548 g/mol. The van der Waals surface area contributed by atoms with E-state index in [4.69, 9.17) is 4.74 Å². The molecule has 0 aromatic heterocycles. The number of hydrogen-bond acceptors (Lipinski definition) is 3. The van der Waals surface area contributed by atoms with Crippen molar-refractivity contribution >= 4 is 27.7 Å². The van der Waals surface area contributed by atoms with E-state index in [0.29, 0.717) is 18.7 Å². The Bertz CT molecular complexity index is 1100. The van der Waals surface area contributed by atoms with E-state index in [0.717, 1.165) is 41.3 Å². The molecule has 1 aliphatic rings. The molecule has 4 rings (SSSR count). The predicted octanol–water partition coefficient (Wildman–Crippen LogP) is 5.92. The molecule has 36 heavy (non-hydrogen) atoms. The molecule has 0 saturated heterocycles. The Balaban J connectivity index is 1.58. The lowest BCUT2D eigenvalue weighted by Crippen LogP contribution is -2.53. The van der Waals surface area contributed by atoms with E-state index < -0.39 is 6.04 Å². The van der Waals surface area contributed by atoms with Crippen molar-refractivity contribution in [2.45, 2.75) is 57.2 Å². The molecule has 3 aromatic carbocycles. The van der Waals surface area contributed by atoms with Crippen LogP contribution >= 0.6 is 15.9 Å². The zero-order valence-electron chi connectivity index (χ0n) is 20.4. The first-order valence-corrected chi connectivity index (χ1v) is 13.4. The van der Waals surface area contributed by atoms with Crippen LogP contribution in [0.25, 0.3) is 0 Å². The molecule has 2 amide bonds. The lowest BCUT2D eigenvalue weighted by molar-refractivity contribution is -0.143. The van der Waals surface area contributed by atoms with Gasteiger partial charge in [0, 0.05) is 23.5 Å². The maximum Gasteiger partial charge on any atom is 0.261 e. The molecule has 0 spiro atoms. The quantitative estimate of drug-likeness (QED) is 0.342. The molecule has 0 unspecified atom stereocenters. The number of rotatable bonds is 10. The second-order valence-corrected chi connectivity index (χ2v) is 10.2. The number of amides is 2. The fourth-order valence-electron chi connectivity index (χ4n) is 4.64. The van der Waals surface area contributed by atoms with Crippen LogP contribution < -0.4 is 10.1 Å². The molecule has 1 saturated carbocycles. The van der Waals surface area contributed by atoms with Gasteiger partial charge in [0.05, 0.1) is 0 Å². The normalized spacial score (nSPS) is 14.6. The summed E-state index contributed by atoms with van der Waals surface area (Å²) >= 11 is 3.42. The van der Waals surface area contributed by atoms with Crippen molar-refractivity contribution in [1.82, 2.24) is 10.2 Å². The van der Waals surface area contributed by atoms with Gasteiger partial charge in [-0.25, -0.2) is 0 Å². The molecule has 6 heteroatoms. The third-order valence-electron chi connectivity index (χ3n) is 6.59. The maximum absolute atomic E-state index is 13.7. The lowest BCUT2D eigenvalue weighted by atomic mass is 9.94. The Morgan fingerprint density at radius 1 is 0.861 bits per heavy atom. The average molecular weight is 550 g/mol. The highest BCUT2D eigenvalue weighted by Crippen LogP contribution is 2.21. The Kier molecular flexibility index (Phi) is 9.56. The summed E-state index contributed by atoms with van der Waals surface area (Å²) in [5.41, 5.74) is 1.99. The zero-order chi connectivity index (χ0) is 25.2. The maximum atomic E-state index is 13.7. The minimum absolute atomic E-state index is 0.0984. The number of hydrogen-bond donors (Lipinski definition) is 1. The van der Waals surface area contributed by atoms with Crippen LogP contribution in [-0.4, -0.2) is 35.4 Å². The molecular weight excluding hydrogens is 516 g/mol. The summed E-state index contributed by atoms with van der Waals surface area (Å²) in [6, 6.07) is 26.6. The zero-order valence-corrected chi connectivity index (χ0v) is 22.0. The van der Waals surface area contributed by atoms with Crippen molar-refractivity contribution in [3.05, 3.63) is 101 Å². The van der Waals surface area contributed by atoms with E-state index in [9.17, 15) is 9.59 Å². The Hall–Kier alpha value is -3.12. The van der Waals surface area contributed by atoms with Crippen LogP contribution in [0.2, 0.25) is 0 Å². The van der Waals surface area contributed by atoms with Crippen molar-refractivity contribution in [3.63, 3.8) is 0 Å². The summed E-state index contributed by atoms with van der Waals surface area (Å²) in [5.74, 6) is 0.289. The molecule has 0 aliphatic heterocycles. The molecule has 1 N–H and O–H groups in total. The smallest absolute Gasteiger partial charge is 0.261 e. The van der Waals surface area contributed by atoms with Crippen LogP contribution in [0, 0.1) is 0 Å². The second-order valence-electron chi connectivity index (χ2n) is 9.30. The number of nitrogens with one attached hydrogen (secondary N) is 1. The van der Waals surface area contributed by atoms with Gasteiger partial charge in [0.15, 0.2) is 6.61 Å². The van der Waals surface area contributed by atoms with Crippen molar-refractivity contribution in [1.29, 1.82) is 0 Å². The fourth-order valence-corrected chi connectivity index (χ4v) is 4.90. The third-order valence-corrected chi connectivity index (χ3v) is 7.12. The topological polar surface area (TPSA) is 58.6 Å². The van der Waals surface area contributed by atoms with Crippen LogP contribution in [0.15, 0.2) is 89.4 Å². The van der Waals surface area contributed by atoms with E-state index in [-0.39, 0.29) is 24.5 Å². The van der Waals surface area contributed by atoms with Gasteiger partial charge in [-0.05, 0) is 48.2 Å². The first-order valence-electron chi connectivity index (χ1n) is 12.6. The Morgan fingerprint density at radius 2 is 1.47 bits per heavy atom. The lowest BCUT2D eigenvalue weighted by Gasteiger charge is -2.33. The summed E-state index contributed by atoms with van der Waals surface area (Å²) in [6.07, 6.45) is 5.89. The summed E-state index contributed by atoms with van der Waals surface area (Å²) in [4.78, 5) is 29.0. The molecule has 0 radical (unpaired) electrons. The van der Waals surface area contributed by atoms with Gasteiger partial charge < -0.3 is 15.0 Å². The van der Waals surface area contributed by atoms with E-state index in [2.05, 4.69) is 21.2 Å². The largest absolute Gasteiger partial charge is 0.484 e. The molecule has 0 heterocycles. The number of carbonyl (C=O) groups is 2. The molecule has 1 fully saturated rings. The standard InChI is InChI=1S/C30H33BrN2O3/c31-25-16-18-27(19-17-25)36-22-29(34)33(21-24-12-6-2-7-13-24)28(20-23-10-4-1-5-11-23)30(35)32-26-14-8-3-9-15-26/h1-2,4-7,10-13,16-19,26,28H,3,8-9,14-15,20-22H2,(H,32,35)/t28-/m0/s1. The van der Waals surface area contributed by atoms with Gasteiger partial charge >= 0.3 is 0 Å². The minimum Gasteiger partial charge on any atom is -0.484 e. The highest BCUT2D eigenvalue weighted by Gasteiger charge is 2.32. The van der Waals surface area contributed by atoms with E-state index in [1.807, 2.05) is 84.9 Å². The van der Waals surface area contributed by atoms with Gasteiger partial charge in [-0.3, -0.25) is 9.59 Å². The number of ether oxygens (including phenoxy) is 1. The van der Waals surface area contributed by atoms with Gasteiger partial charge in [-0.2, -0.15) is 0 Å². The molecule has 3 aromatic rings. The molecule has 0 bridgehead atoms. The molecular formula is C30H33BrN2O3. The van der Waals surface area contributed by atoms with E-state index in [1.54, 1.807) is 4.90 Å². The highest BCUT2D eigenvalue weighted by molar-refractivity contribution is 9.10. The molecule has 5 nitrogen and oxygen atoms in total. The average Bonchev–Trinajstić information content (AvgIpc) is 2.92. The number of halogens is 1. The molecule has 1 atom stereocenters. The van der Waals surface area contributed by atoms with Crippen LogP contribution in [0.3, 0.4) is 0 Å². The van der Waals surface area contributed by atoms with Crippen molar-refractivity contribution in [2.75, 3.05) is 6.61 Å². The van der Waals surface area contributed by atoms with E-state index >= 15 is 0 Å². The minimum atomic E-state index is -0.643. The SMILES string of the molecule is O=C(NC1CCCCC1)[C@H](Cc1ccccc1)N(Cc1ccccc1)C(=O)COc1ccc(Br)cc1. The summed E-state index contributed by atoms with van der Waals surface area (Å²) in [7, 11) is 0. The van der Waals surface area contributed by atoms with Crippen LogP contribution in [0.5, 0.6) is 5.75 Å². The number of carbonyl (C=O) groups excluding carboxylic acids is 2. The van der Waals surface area contributed by atoms with Crippen molar-refractivity contribution in [3.8, 4) is 5.75 Å². The van der Waals surface area contributed by atoms with Gasteiger partial charge in [0.25, 0.3) is 5.91 Å². The third kappa shape index (κ3) is 7.69. The Labute approximate surface area is 222 Å². The van der Waals surface area contributed by atoms with Crippen LogP contribution in [0.4, 0.5) is 0 Å². The van der Waals surface area contributed by atoms with Gasteiger partial charge in [-0.15, -0.1) is 0 Å². The molecule has 1 aliphatic carbocycles. The summed E-state index contributed by atoms with van der Waals surface area (Å²) < 4.78 is 6.77.